The van der Waals surface area contributed by atoms with Gasteiger partial charge in [-0.2, -0.15) is 0 Å². The fraction of sp³-hybridized carbons (Fsp3) is 1.00. The van der Waals surface area contributed by atoms with Crippen molar-refractivity contribution in [3.05, 3.63) is 0 Å². The van der Waals surface area contributed by atoms with E-state index in [-0.39, 0.29) is 0 Å². The van der Waals surface area contributed by atoms with Crippen LogP contribution in [0.15, 0.2) is 0 Å². The van der Waals surface area contributed by atoms with Gasteiger partial charge < -0.3 is 0 Å². The molecule has 31 heavy (non-hydrogen) atoms. The molecule has 0 rings (SSSR count). The van der Waals surface area contributed by atoms with E-state index in [1.807, 2.05) is 0 Å². The van der Waals surface area contributed by atoms with Gasteiger partial charge in [-0.25, -0.2) is 0 Å². The molecule has 0 aliphatic rings. The molecule has 0 spiro atoms. The van der Waals surface area contributed by atoms with Crippen LogP contribution in [0.4, 0.5) is 0 Å². The lowest BCUT2D eigenvalue weighted by atomic mass is 10.0. The number of unbranched alkanes of at least 4 members (excludes halogenated alkanes) is 24. The summed E-state index contributed by atoms with van der Waals surface area (Å²) in [6.07, 6.45) is 38.0. The van der Waals surface area contributed by atoms with Crippen LogP contribution >= 0.6 is 15.9 Å². The molecule has 0 unspecified atom stereocenters. The maximum Gasteiger partial charge on any atom is 0.0201 e. The van der Waals surface area contributed by atoms with Gasteiger partial charge in [0.2, 0.25) is 0 Å². The van der Waals surface area contributed by atoms with E-state index in [0.717, 1.165) is 0 Å². The van der Waals surface area contributed by atoms with Crippen LogP contribution in [-0.4, -0.2) is 4.32 Å². The van der Waals surface area contributed by atoms with Crippen molar-refractivity contribution >= 4 is 15.9 Å². The molecule has 0 aliphatic heterocycles. The third-order valence-electron chi connectivity index (χ3n) is 6.87. The first-order chi connectivity index (χ1) is 15.1. The summed E-state index contributed by atoms with van der Waals surface area (Å²) in [7, 11) is 0. The predicted molar refractivity (Wildman–Crippen MR) is 149 cm³/mol. The molecule has 0 N–H and O–H groups in total. The second kappa shape index (κ2) is 25.1. The third kappa shape index (κ3) is 30.5. The molecule has 0 bridgehead atoms. The largest absolute Gasteiger partial charge is 0.0859 e. The fourth-order valence-corrected chi connectivity index (χ4v) is 4.96. The van der Waals surface area contributed by atoms with E-state index in [1.54, 1.807) is 0 Å². The van der Waals surface area contributed by atoms with Gasteiger partial charge in [-0.05, 0) is 6.42 Å². The summed E-state index contributed by atoms with van der Waals surface area (Å²) >= 11 is 3.74. The van der Waals surface area contributed by atoms with Crippen molar-refractivity contribution < 1.29 is 0 Å². The SMILES string of the molecule is CCCCCCCCCCCCCCCCCCCCCCCCCCCC(C)(C)Br. The average Bonchev–Trinajstić information content (AvgIpc) is 2.73. The van der Waals surface area contributed by atoms with Crippen molar-refractivity contribution in [2.45, 2.75) is 192 Å². The summed E-state index contributed by atoms with van der Waals surface area (Å²) in [6, 6.07) is 0. The molecule has 1 heteroatoms. The second-order valence-electron chi connectivity index (χ2n) is 11.0. The lowest BCUT2D eigenvalue weighted by Crippen LogP contribution is -2.07. The van der Waals surface area contributed by atoms with Gasteiger partial charge in [0.1, 0.15) is 0 Å². The van der Waals surface area contributed by atoms with Gasteiger partial charge in [-0.1, -0.05) is 197 Å². The fourth-order valence-electron chi connectivity index (χ4n) is 4.68. The zero-order chi connectivity index (χ0) is 22.9. The number of alkyl halides is 1. The topological polar surface area (TPSA) is 0 Å². The summed E-state index contributed by atoms with van der Waals surface area (Å²) in [6.45, 7) is 6.87. The van der Waals surface area contributed by atoms with E-state index in [2.05, 4.69) is 36.7 Å². The highest BCUT2D eigenvalue weighted by Gasteiger charge is 2.10. The minimum absolute atomic E-state index is 0.347. The van der Waals surface area contributed by atoms with Gasteiger partial charge >= 0.3 is 0 Å². The van der Waals surface area contributed by atoms with Gasteiger partial charge in [0, 0.05) is 4.32 Å². The summed E-state index contributed by atoms with van der Waals surface area (Å²) < 4.78 is 0.347. The number of rotatable bonds is 26. The van der Waals surface area contributed by atoms with Crippen molar-refractivity contribution in [3.63, 3.8) is 0 Å². The highest BCUT2D eigenvalue weighted by atomic mass is 79.9. The Hall–Kier alpha value is 0.480. The first-order valence-corrected chi connectivity index (χ1v) is 15.5. The van der Waals surface area contributed by atoms with Crippen LogP contribution in [0.2, 0.25) is 0 Å². The minimum atomic E-state index is 0.347. The quantitative estimate of drug-likeness (QED) is 0.0816. The Morgan fingerprint density at radius 2 is 0.548 bits per heavy atom. The Morgan fingerprint density at radius 1 is 0.355 bits per heavy atom. The van der Waals surface area contributed by atoms with E-state index in [9.17, 15) is 0 Å². The Labute approximate surface area is 207 Å². The van der Waals surface area contributed by atoms with Gasteiger partial charge in [-0.15, -0.1) is 0 Å². The number of hydrogen-bond donors (Lipinski definition) is 0. The maximum absolute atomic E-state index is 3.74. The highest BCUT2D eigenvalue weighted by molar-refractivity contribution is 9.10. The van der Waals surface area contributed by atoms with Gasteiger partial charge in [0.25, 0.3) is 0 Å². The first-order valence-electron chi connectivity index (χ1n) is 14.7. The third-order valence-corrected chi connectivity index (χ3v) is 7.27. The molecule has 0 saturated heterocycles. The van der Waals surface area contributed by atoms with Crippen LogP contribution in [0, 0.1) is 0 Å². The summed E-state index contributed by atoms with van der Waals surface area (Å²) in [5, 5.41) is 0. The zero-order valence-corrected chi connectivity index (χ0v) is 23.8. The highest BCUT2D eigenvalue weighted by Crippen LogP contribution is 2.24. The van der Waals surface area contributed by atoms with E-state index in [4.69, 9.17) is 0 Å². The second-order valence-corrected chi connectivity index (χ2v) is 13.1. The molecule has 0 aromatic rings. The molecule has 0 aromatic carbocycles. The van der Waals surface area contributed by atoms with Crippen LogP contribution < -0.4 is 0 Å². The molecule has 0 aromatic heterocycles. The van der Waals surface area contributed by atoms with E-state index in [1.165, 1.54) is 167 Å². The van der Waals surface area contributed by atoms with Gasteiger partial charge in [-0.3, -0.25) is 0 Å². The van der Waals surface area contributed by atoms with E-state index in [0.29, 0.717) is 4.32 Å². The van der Waals surface area contributed by atoms with Crippen molar-refractivity contribution in [1.29, 1.82) is 0 Å². The smallest absolute Gasteiger partial charge is 0.0201 e. The summed E-state index contributed by atoms with van der Waals surface area (Å²) in [5.41, 5.74) is 0. The molecule has 0 saturated carbocycles. The van der Waals surface area contributed by atoms with Crippen LogP contribution in [0.25, 0.3) is 0 Å². The van der Waals surface area contributed by atoms with Crippen molar-refractivity contribution in [3.8, 4) is 0 Å². The molecule has 0 heterocycles. The Morgan fingerprint density at radius 3 is 0.742 bits per heavy atom. The van der Waals surface area contributed by atoms with Gasteiger partial charge in [0.05, 0.1) is 0 Å². The van der Waals surface area contributed by atoms with Crippen LogP contribution in [0.1, 0.15) is 188 Å². The molecule has 0 radical (unpaired) electrons. The average molecular weight is 502 g/mol. The molecular weight excluding hydrogens is 440 g/mol. The Balaban J connectivity index is 3.02. The molecule has 0 amide bonds. The zero-order valence-electron chi connectivity index (χ0n) is 22.3. The number of halogens is 1. The standard InChI is InChI=1S/C30H61Br/c1-4-5-6-7-8-9-10-11-12-13-14-15-16-17-18-19-20-21-22-23-24-25-26-27-28-29-30(2,3)31/h4-29H2,1-3H3. The lowest BCUT2D eigenvalue weighted by molar-refractivity contribution is 0.512. The maximum atomic E-state index is 3.74. The normalized spacial score (nSPS) is 12.0. The van der Waals surface area contributed by atoms with E-state index >= 15 is 0 Å². The molecule has 0 aliphatic carbocycles. The van der Waals surface area contributed by atoms with Crippen molar-refractivity contribution in [2.24, 2.45) is 0 Å². The predicted octanol–water partition coefficient (Wildman–Crippen LogP) is 12.3. The van der Waals surface area contributed by atoms with E-state index < -0.39 is 0 Å². The Bertz CT molecular complexity index is 317. The number of hydrogen-bond acceptors (Lipinski definition) is 0. The minimum Gasteiger partial charge on any atom is -0.0859 e. The lowest BCUT2D eigenvalue weighted by Gasteiger charge is -2.15. The van der Waals surface area contributed by atoms with Crippen LogP contribution in [0.3, 0.4) is 0 Å². The van der Waals surface area contributed by atoms with Crippen molar-refractivity contribution in [1.82, 2.24) is 0 Å². The molecule has 0 atom stereocenters. The summed E-state index contributed by atoms with van der Waals surface area (Å²) in [4.78, 5) is 0. The van der Waals surface area contributed by atoms with Gasteiger partial charge in [0.15, 0.2) is 0 Å². The molecule has 0 fully saturated rings. The van der Waals surface area contributed by atoms with Crippen molar-refractivity contribution in [2.75, 3.05) is 0 Å². The van der Waals surface area contributed by atoms with Crippen LogP contribution in [0.5, 0.6) is 0 Å². The molecule has 0 nitrogen and oxygen atoms in total. The van der Waals surface area contributed by atoms with Crippen LogP contribution in [-0.2, 0) is 0 Å². The Kier molecular flexibility index (Phi) is 25.5. The summed E-state index contributed by atoms with van der Waals surface area (Å²) in [5.74, 6) is 0. The molecule has 188 valence electrons. The molecular formula is C30H61Br. The first kappa shape index (κ1) is 31.5. The monoisotopic (exact) mass is 500 g/mol.